The maximum atomic E-state index is 12.9. The molecular formula is C23H24F3N5O4S. The quantitative estimate of drug-likeness (QED) is 0.476. The number of methoxy groups -OCH3 is 1. The lowest BCUT2D eigenvalue weighted by atomic mass is 9.97. The number of fused-ring (bicyclic) bond motifs is 1. The molecule has 0 spiro atoms. The first-order valence-electron chi connectivity index (χ1n) is 11.0. The SMILES string of the molecule is COc1ccc(NS(=O)(=O)c2ccc3c(c2)CN([C@H](C)c2ccc(OCC(F)(F)F)nc2)CC3)nn1. The second kappa shape index (κ2) is 10.3. The van der Waals surface area contributed by atoms with Gasteiger partial charge in [-0.1, -0.05) is 12.1 Å². The van der Waals surface area contributed by atoms with Crippen molar-refractivity contribution in [2.75, 3.05) is 25.0 Å². The molecule has 36 heavy (non-hydrogen) atoms. The first-order valence-corrected chi connectivity index (χ1v) is 12.4. The summed E-state index contributed by atoms with van der Waals surface area (Å²) in [6.07, 6.45) is -2.22. The van der Waals surface area contributed by atoms with Crippen LogP contribution in [0.25, 0.3) is 0 Å². The third kappa shape index (κ3) is 6.21. The first-order chi connectivity index (χ1) is 17.0. The average Bonchev–Trinajstić information content (AvgIpc) is 2.86. The van der Waals surface area contributed by atoms with Gasteiger partial charge in [-0.3, -0.25) is 9.62 Å². The number of ether oxygens (including phenoxy) is 2. The molecule has 1 aromatic carbocycles. The topological polar surface area (TPSA) is 107 Å². The van der Waals surface area contributed by atoms with E-state index in [9.17, 15) is 21.6 Å². The summed E-state index contributed by atoms with van der Waals surface area (Å²) in [4.78, 5) is 6.23. The summed E-state index contributed by atoms with van der Waals surface area (Å²) >= 11 is 0. The summed E-state index contributed by atoms with van der Waals surface area (Å²) in [5.41, 5.74) is 2.73. The summed E-state index contributed by atoms with van der Waals surface area (Å²) in [5, 5.41) is 7.56. The van der Waals surface area contributed by atoms with Crippen LogP contribution in [0.3, 0.4) is 0 Å². The van der Waals surface area contributed by atoms with E-state index in [1.54, 1.807) is 24.3 Å². The molecule has 4 rings (SSSR count). The van der Waals surface area contributed by atoms with Gasteiger partial charge in [0.15, 0.2) is 12.4 Å². The molecule has 3 heterocycles. The van der Waals surface area contributed by atoms with Gasteiger partial charge in [0.05, 0.1) is 12.0 Å². The highest BCUT2D eigenvalue weighted by Crippen LogP contribution is 2.30. The number of rotatable bonds is 8. The number of aromatic nitrogens is 3. The van der Waals surface area contributed by atoms with Gasteiger partial charge < -0.3 is 9.47 Å². The van der Waals surface area contributed by atoms with Crippen molar-refractivity contribution in [1.82, 2.24) is 20.1 Å². The summed E-state index contributed by atoms with van der Waals surface area (Å²) < 4.78 is 74.9. The number of anilines is 1. The van der Waals surface area contributed by atoms with Crippen LogP contribution in [0.4, 0.5) is 19.0 Å². The summed E-state index contributed by atoms with van der Waals surface area (Å²) in [5.74, 6) is 0.231. The van der Waals surface area contributed by atoms with Crippen molar-refractivity contribution >= 4 is 15.8 Å². The zero-order valence-electron chi connectivity index (χ0n) is 19.5. The lowest BCUT2D eigenvalue weighted by Gasteiger charge is -2.34. The van der Waals surface area contributed by atoms with E-state index in [4.69, 9.17) is 4.74 Å². The van der Waals surface area contributed by atoms with E-state index in [1.165, 1.54) is 31.5 Å². The van der Waals surface area contributed by atoms with Crippen molar-refractivity contribution in [3.63, 3.8) is 0 Å². The zero-order chi connectivity index (χ0) is 25.9. The predicted molar refractivity (Wildman–Crippen MR) is 124 cm³/mol. The Balaban J connectivity index is 1.45. The molecule has 2 aromatic heterocycles. The monoisotopic (exact) mass is 523 g/mol. The number of nitrogens with one attached hydrogen (secondary N) is 1. The molecule has 1 atom stereocenters. The number of hydrogen-bond acceptors (Lipinski definition) is 8. The summed E-state index contributed by atoms with van der Waals surface area (Å²) in [7, 11) is -2.46. The van der Waals surface area contributed by atoms with Gasteiger partial charge >= 0.3 is 6.18 Å². The zero-order valence-corrected chi connectivity index (χ0v) is 20.3. The maximum Gasteiger partial charge on any atom is 0.422 e. The largest absolute Gasteiger partial charge is 0.480 e. The third-order valence-corrected chi connectivity index (χ3v) is 7.14. The van der Waals surface area contributed by atoms with Crippen molar-refractivity contribution in [2.24, 2.45) is 0 Å². The third-order valence-electron chi connectivity index (χ3n) is 5.79. The molecule has 0 bridgehead atoms. The Hall–Kier alpha value is -3.45. The number of alkyl halides is 3. The van der Waals surface area contributed by atoms with Crippen LogP contribution in [-0.2, 0) is 23.0 Å². The number of benzene rings is 1. The van der Waals surface area contributed by atoms with Gasteiger partial charge in [0.25, 0.3) is 10.0 Å². The second-order valence-corrected chi connectivity index (χ2v) is 9.91. The Morgan fingerprint density at radius 3 is 2.50 bits per heavy atom. The van der Waals surface area contributed by atoms with Gasteiger partial charge in [-0.25, -0.2) is 13.4 Å². The molecule has 192 valence electrons. The van der Waals surface area contributed by atoms with Crippen LogP contribution >= 0.6 is 0 Å². The Morgan fingerprint density at radius 1 is 1.08 bits per heavy atom. The molecule has 0 saturated heterocycles. The van der Waals surface area contributed by atoms with E-state index < -0.39 is 22.8 Å². The lowest BCUT2D eigenvalue weighted by Crippen LogP contribution is -2.33. The highest BCUT2D eigenvalue weighted by molar-refractivity contribution is 7.92. The van der Waals surface area contributed by atoms with Gasteiger partial charge in [0.2, 0.25) is 11.8 Å². The number of nitrogens with zero attached hydrogens (tertiary/aromatic N) is 4. The van der Waals surface area contributed by atoms with Crippen molar-refractivity contribution in [3.8, 4) is 11.8 Å². The minimum Gasteiger partial charge on any atom is -0.480 e. The molecule has 0 fully saturated rings. The highest BCUT2D eigenvalue weighted by Gasteiger charge is 2.29. The summed E-state index contributed by atoms with van der Waals surface area (Å²) in [6, 6.07) is 10.9. The average molecular weight is 524 g/mol. The molecule has 9 nitrogen and oxygen atoms in total. The van der Waals surface area contributed by atoms with E-state index in [-0.39, 0.29) is 28.5 Å². The molecule has 0 unspecified atom stereocenters. The number of halogens is 3. The van der Waals surface area contributed by atoms with Gasteiger partial charge in [-0.05, 0) is 48.2 Å². The fraction of sp³-hybridized carbons (Fsp3) is 0.348. The van der Waals surface area contributed by atoms with Crippen molar-refractivity contribution in [3.05, 3.63) is 65.4 Å². The molecule has 0 saturated carbocycles. The van der Waals surface area contributed by atoms with E-state index in [0.717, 1.165) is 29.7 Å². The van der Waals surface area contributed by atoms with Crippen LogP contribution in [0.5, 0.6) is 11.8 Å². The van der Waals surface area contributed by atoms with E-state index in [1.807, 2.05) is 6.92 Å². The molecule has 1 aliphatic rings. The van der Waals surface area contributed by atoms with Crippen LogP contribution in [-0.4, -0.2) is 54.9 Å². The Morgan fingerprint density at radius 2 is 1.86 bits per heavy atom. The van der Waals surface area contributed by atoms with E-state index in [2.05, 4.69) is 29.5 Å². The van der Waals surface area contributed by atoms with Crippen LogP contribution < -0.4 is 14.2 Å². The van der Waals surface area contributed by atoms with Crippen molar-refractivity contribution < 1.29 is 31.1 Å². The Labute approximate surface area is 206 Å². The number of sulfonamides is 1. The maximum absolute atomic E-state index is 12.9. The molecular weight excluding hydrogens is 499 g/mol. The molecule has 13 heteroatoms. The molecule has 0 aliphatic carbocycles. The molecule has 1 N–H and O–H groups in total. The minimum absolute atomic E-state index is 0.0685. The molecule has 3 aromatic rings. The first kappa shape index (κ1) is 25.6. The van der Waals surface area contributed by atoms with Crippen molar-refractivity contribution in [1.29, 1.82) is 0 Å². The van der Waals surface area contributed by atoms with Crippen LogP contribution in [0, 0.1) is 0 Å². The molecule has 1 aliphatic heterocycles. The Kier molecular flexibility index (Phi) is 7.31. The van der Waals surface area contributed by atoms with Crippen molar-refractivity contribution in [2.45, 2.75) is 37.0 Å². The van der Waals surface area contributed by atoms with Gasteiger partial charge in [0.1, 0.15) is 0 Å². The predicted octanol–water partition coefficient (Wildman–Crippen LogP) is 3.74. The fourth-order valence-electron chi connectivity index (χ4n) is 3.82. The highest BCUT2D eigenvalue weighted by atomic mass is 32.2. The van der Waals surface area contributed by atoms with Crippen LogP contribution in [0.1, 0.15) is 29.7 Å². The summed E-state index contributed by atoms with van der Waals surface area (Å²) in [6.45, 7) is 1.78. The minimum atomic E-state index is -4.43. The second-order valence-electron chi connectivity index (χ2n) is 8.23. The normalized spacial score (nSPS) is 15.1. The fourth-order valence-corrected chi connectivity index (χ4v) is 4.87. The molecule has 0 amide bonds. The van der Waals surface area contributed by atoms with E-state index in [0.29, 0.717) is 6.54 Å². The lowest BCUT2D eigenvalue weighted by molar-refractivity contribution is -0.154. The number of hydrogen-bond donors (Lipinski definition) is 1. The molecule has 0 radical (unpaired) electrons. The Bertz CT molecular complexity index is 1300. The van der Waals surface area contributed by atoms with Crippen LogP contribution in [0.15, 0.2) is 53.6 Å². The van der Waals surface area contributed by atoms with Crippen LogP contribution in [0.2, 0.25) is 0 Å². The van der Waals surface area contributed by atoms with Gasteiger partial charge in [-0.15, -0.1) is 10.2 Å². The number of pyridine rings is 1. The van der Waals surface area contributed by atoms with Gasteiger partial charge in [0, 0.05) is 37.5 Å². The van der Waals surface area contributed by atoms with E-state index >= 15 is 0 Å². The smallest absolute Gasteiger partial charge is 0.422 e. The standard InChI is InChI=1S/C23H24F3N5O4S/c1-15(17-4-7-21(27-12-17)35-14-23(24,25)26)31-10-9-16-3-5-19(11-18(16)13-31)36(32,33)30-20-6-8-22(34-2)29-28-20/h3-8,11-12,15H,9-10,13-14H2,1-2H3,(H,28,30)/t15-/m1/s1. The van der Waals surface area contributed by atoms with Gasteiger partial charge in [-0.2, -0.15) is 13.2 Å².